The van der Waals surface area contributed by atoms with Crippen LogP contribution in [0.25, 0.3) is 0 Å². The summed E-state index contributed by atoms with van der Waals surface area (Å²) in [5.41, 5.74) is 0.494. The Morgan fingerprint density at radius 3 is 2.83 bits per heavy atom. The van der Waals surface area contributed by atoms with Crippen LogP contribution in [0, 0.1) is 3.57 Å². The molecule has 1 rings (SSSR count). The van der Waals surface area contributed by atoms with Gasteiger partial charge in [-0.25, -0.2) is 0 Å². The minimum absolute atomic E-state index is 0.0452. The van der Waals surface area contributed by atoms with Crippen molar-refractivity contribution >= 4 is 45.8 Å². The summed E-state index contributed by atoms with van der Waals surface area (Å²) in [6.45, 7) is 0.260. The predicted octanol–water partition coefficient (Wildman–Crippen LogP) is 0.896. The minimum atomic E-state index is -0.300. The molecule has 0 radical (unpaired) electrons. The van der Waals surface area contributed by atoms with Gasteiger partial charge in [0, 0.05) is 12.1 Å². The van der Waals surface area contributed by atoms with Gasteiger partial charge in [0.25, 0.3) is 5.91 Å². The van der Waals surface area contributed by atoms with E-state index in [1.54, 1.807) is 25.3 Å². The monoisotopic (exact) mass is 380 g/mol. The SMILES string of the molecule is COc1ccc(C(=O)NC(=S)NCCO)cc1I. The maximum absolute atomic E-state index is 11.8. The second kappa shape index (κ2) is 7.49. The lowest BCUT2D eigenvalue weighted by atomic mass is 10.2. The number of amides is 1. The molecule has 0 saturated carbocycles. The number of aliphatic hydroxyl groups is 1. The number of aliphatic hydroxyl groups excluding tert-OH is 1. The van der Waals surface area contributed by atoms with Crippen LogP contribution < -0.4 is 15.4 Å². The van der Waals surface area contributed by atoms with Crippen LogP contribution in [0.15, 0.2) is 18.2 Å². The fourth-order valence-electron chi connectivity index (χ4n) is 1.20. The van der Waals surface area contributed by atoms with Crippen molar-refractivity contribution < 1.29 is 14.6 Å². The molecule has 0 aliphatic carbocycles. The van der Waals surface area contributed by atoms with Gasteiger partial charge in [0.05, 0.1) is 17.3 Å². The van der Waals surface area contributed by atoms with Gasteiger partial charge in [-0.3, -0.25) is 10.1 Å². The predicted molar refractivity (Wildman–Crippen MR) is 80.9 cm³/mol. The van der Waals surface area contributed by atoms with Gasteiger partial charge in [0.15, 0.2) is 5.11 Å². The molecule has 0 unspecified atom stereocenters. The number of thiocarbonyl (C=S) groups is 1. The molecule has 3 N–H and O–H groups in total. The highest BCUT2D eigenvalue weighted by atomic mass is 127. The van der Waals surface area contributed by atoms with E-state index in [1.807, 2.05) is 0 Å². The number of hydrogen-bond donors (Lipinski definition) is 3. The van der Waals surface area contributed by atoms with Gasteiger partial charge < -0.3 is 15.2 Å². The molecule has 5 nitrogen and oxygen atoms in total. The Kier molecular flexibility index (Phi) is 6.30. The highest BCUT2D eigenvalue weighted by molar-refractivity contribution is 14.1. The summed E-state index contributed by atoms with van der Waals surface area (Å²) >= 11 is 6.99. The summed E-state index contributed by atoms with van der Waals surface area (Å²) in [6.07, 6.45) is 0. The van der Waals surface area contributed by atoms with E-state index in [2.05, 4.69) is 33.2 Å². The van der Waals surface area contributed by atoms with Crippen molar-refractivity contribution in [1.29, 1.82) is 0 Å². The van der Waals surface area contributed by atoms with Gasteiger partial charge in [-0.1, -0.05) is 0 Å². The average Bonchev–Trinajstić information content (AvgIpc) is 2.36. The number of rotatable bonds is 4. The van der Waals surface area contributed by atoms with Crippen molar-refractivity contribution in [3.05, 3.63) is 27.3 Å². The van der Waals surface area contributed by atoms with Gasteiger partial charge in [-0.2, -0.15) is 0 Å². The highest BCUT2D eigenvalue weighted by Crippen LogP contribution is 2.21. The standard InChI is InChI=1S/C11H13IN2O3S/c1-17-9-3-2-7(6-8(9)12)10(16)14-11(18)13-4-5-15/h2-3,6,15H,4-5H2,1H3,(H2,13,14,16,18). The molecule has 0 spiro atoms. The van der Waals surface area contributed by atoms with Gasteiger partial charge in [0.1, 0.15) is 5.75 Å². The third-order valence-electron chi connectivity index (χ3n) is 2.04. The van der Waals surface area contributed by atoms with Crippen LogP contribution in [0.3, 0.4) is 0 Å². The zero-order valence-corrected chi connectivity index (χ0v) is 12.7. The minimum Gasteiger partial charge on any atom is -0.496 e. The lowest BCUT2D eigenvalue weighted by Gasteiger charge is -2.09. The first-order valence-electron chi connectivity index (χ1n) is 5.12. The van der Waals surface area contributed by atoms with E-state index >= 15 is 0 Å². The summed E-state index contributed by atoms with van der Waals surface area (Å²) < 4.78 is 5.95. The molecule has 0 heterocycles. The lowest BCUT2D eigenvalue weighted by Crippen LogP contribution is -2.40. The topological polar surface area (TPSA) is 70.6 Å². The first-order chi connectivity index (χ1) is 8.58. The molecule has 7 heteroatoms. The fraction of sp³-hybridized carbons (Fsp3) is 0.273. The van der Waals surface area contributed by atoms with Gasteiger partial charge in [0.2, 0.25) is 0 Å². The third kappa shape index (κ3) is 4.39. The molecule has 0 aliphatic rings. The van der Waals surface area contributed by atoms with Crippen molar-refractivity contribution in [2.24, 2.45) is 0 Å². The highest BCUT2D eigenvalue weighted by Gasteiger charge is 2.10. The number of methoxy groups -OCH3 is 1. The largest absolute Gasteiger partial charge is 0.496 e. The molecule has 1 aromatic rings. The van der Waals surface area contributed by atoms with Crippen LogP contribution in [-0.4, -0.2) is 36.4 Å². The first kappa shape index (κ1) is 15.1. The number of benzene rings is 1. The smallest absolute Gasteiger partial charge is 0.257 e. The molecule has 0 bridgehead atoms. The second-order valence-corrected chi connectivity index (χ2v) is 4.85. The third-order valence-corrected chi connectivity index (χ3v) is 3.13. The van der Waals surface area contributed by atoms with E-state index in [9.17, 15) is 4.79 Å². The van der Waals surface area contributed by atoms with E-state index in [0.717, 1.165) is 3.57 Å². The van der Waals surface area contributed by atoms with Crippen molar-refractivity contribution in [2.75, 3.05) is 20.3 Å². The zero-order valence-electron chi connectivity index (χ0n) is 9.70. The first-order valence-corrected chi connectivity index (χ1v) is 6.60. The Hall–Kier alpha value is -0.930. The zero-order chi connectivity index (χ0) is 13.5. The normalized spacial score (nSPS) is 9.72. The molecule has 18 heavy (non-hydrogen) atoms. The van der Waals surface area contributed by atoms with Gasteiger partial charge in [-0.05, 0) is 53.0 Å². The fourth-order valence-corrected chi connectivity index (χ4v) is 2.13. The van der Waals surface area contributed by atoms with E-state index in [-0.39, 0.29) is 17.6 Å². The van der Waals surface area contributed by atoms with E-state index in [0.29, 0.717) is 17.9 Å². The summed E-state index contributed by atoms with van der Waals surface area (Å²) in [5, 5.41) is 14.0. The van der Waals surface area contributed by atoms with Crippen LogP contribution in [0.2, 0.25) is 0 Å². The summed E-state index contributed by atoms with van der Waals surface area (Å²) in [7, 11) is 1.57. The van der Waals surface area contributed by atoms with E-state index < -0.39 is 0 Å². The Balaban J connectivity index is 2.67. The van der Waals surface area contributed by atoms with Crippen LogP contribution in [0.1, 0.15) is 10.4 Å². The molecular weight excluding hydrogens is 367 g/mol. The number of nitrogens with one attached hydrogen (secondary N) is 2. The van der Waals surface area contributed by atoms with Crippen molar-refractivity contribution in [3.63, 3.8) is 0 Å². The second-order valence-electron chi connectivity index (χ2n) is 3.28. The molecule has 0 atom stereocenters. The summed E-state index contributed by atoms with van der Waals surface area (Å²) in [6, 6.07) is 5.09. The van der Waals surface area contributed by atoms with Gasteiger partial charge in [-0.15, -0.1) is 0 Å². The number of carbonyl (C=O) groups excluding carboxylic acids is 1. The number of halogens is 1. The maximum atomic E-state index is 11.8. The Bertz CT molecular complexity index is 454. The summed E-state index contributed by atoms with van der Waals surface area (Å²) in [5.74, 6) is 0.416. The Morgan fingerprint density at radius 2 is 2.28 bits per heavy atom. The van der Waals surface area contributed by atoms with Crippen LogP contribution in [0.4, 0.5) is 0 Å². The van der Waals surface area contributed by atoms with E-state index in [1.165, 1.54) is 0 Å². The molecule has 0 aromatic heterocycles. The molecule has 98 valence electrons. The van der Waals surface area contributed by atoms with Gasteiger partial charge >= 0.3 is 0 Å². The van der Waals surface area contributed by atoms with Crippen LogP contribution >= 0.6 is 34.8 Å². The van der Waals surface area contributed by atoms with Crippen LogP contribution in [0.5, 0.6) is 5.75 Å². The number of hydrogen-bond acceptors (Lipinski definition) is 4. The molecule has 0 fully saturated rings. The van der Waals surface area contributed by atoms with Crippen molar-refractivity contribution in [1.82, 2.24) is 10.6 Å². The maximum Gasteiger partial charge on any atom is 0.257 e. The number of ether oxygens (including phenoxy) is 1. The Morgan fingerprint density at radius 1 is 1.56 bits per heavy atom. The molecule has 0 aliphatic heterocycles. The van der Waals surface area contributed by atoms with Crippen molar-refractivity contribution in [3.8, 4) is 5.75 Å². The molecular formula is C11H13IN2O3S. The Labute approximate surface area is 124 Å². The molecule has 1 amide bonds. The lowest BCUT2D eigenvalue weighted by molar-refractivity contribution is 0.0976. The quantitative estimate of drug-likeness (QED) is 0.535. The number of carbonyl (C=O) groups is 1. The molecule has 0 saturated heterocycles. The summed E-state index contributed by atoms with van der Waals surface area (Å²) in [4.78, 5) is 11.8. The molecule has 1 aromatic carbocycles. The van der Waals surface area contributed by atoms with Crippen molar-refractivity contribution in [2.45, 2.75) is 0 Å². The van der Waals surface area contributed by atoms with E-state index in [4.69, 9.17) is 22.1 Å². The van der Waals surface area contributed by atoms with Crippen LogP contribution in [-0.2, 0) is 0 Å². The average molecular weight is 380 g/mol.